The standard InChI is InChI=1S/C22H27FN4O2.C20H24FN5O2.C13H11FN4.C8H9N3.C5H3BrFN.CH4.H2/c1-3-29-21(28)12-6-4-5-9-15-27(20-14-13-17(23)16-24-20)22-25-18-10-7-8-11-19(18)26(22)2;1-25-17-9-6-5-8-16(17)23-20(25)26(18-12-11-15(21)14-22-18)13-7-3-2-4-10-19(27)24-28;1-18-11-5-3-2-4-10(11)16-13(18)17-12-7-6-9(14)8-15-12;1-11-7-5-3-2-4-6(7)10-8(11)9;6-5-2-1-4(7)3-8-5;;/h7-8,10-11,13-14,16H,3-6,9,12,15H2,1-2H3;5-6,8-9,11-12,14,28H,2-4,7,10,13H2,1H3,(H,24,27);2-8H,1H3,(H,15,16,17);2-5H,1H3,(H2,9,10);1-3H;1H4;1H/i;;;;;;1+2. The number of esters is 1. The Hall–Kier alpha value is -10.3. The molecule has 95 heavy (non-hydrogen) atoms. The van der Waals surface area contributed by atoms with Crippen molar-refractivity contribution in [3.8, 4) is 0 Å². The summed E-state index contributed by atoms with van der Waals surface area (Å²) in [5.74, 6) is 2.72. The Morgan fingerprint density at radius 2 is 0.926 bits per heavy atom. The summed E-state index contributed by atoms with van der Waals surface area (Å²) in [5.41, 5.74) is 15.1. The summed E-state index contributed by atoms with van der Waals surface area (Å²) < 4.78 is 64.9. The maximum Gasteiger partial charge on any atom is 0.305 e. The number of nitrogens with two attached hydrogens (primary N) is 1. The lowest BCUT2D eigenvalue weighted by molar-refractivity contribution is -0.143. The summed E-state index contributed by atoms with van der Waals surface area (Å²) in [6.07, 6.45) is 12.6. The summed E-state index contributed by atoms with van der Waals surface area (Å²) in [6.45, 7) is 3.62. The van der Waals surface area contributed by atoms with E-state index in [2.05, 4.69) is 51.2 Å². The second kappa shape index (κ2) is 36.2. The summed E-state index contributed by atoms with van der Waals surface area (Å²) >= 11 is 3.07. The normalized spacial score (nSPS) is 10.6. The van der Waals surface area contributed by atoms with Gasteiger partial charge in [-0.15, -0.1) is 0 Å². The first-order chi connectivity index (χ1) is 45.5. The average Bonchev–Trinajstić information content (AvgIpc) is 1.71. The van der Waals surface area contributed by atoms with Gasteiger partial charge in [0.2, 0.25) is 29.7 Å². The number of hydrogen-bond donors (Lipinski definition) is 4. The Morgan fingerprint density at radius 3 is 1.33 bits per heavy atom. The number of rotatable bonds is 21. The number of aryl methyl sites for hydroxylation is 4. The van der Waals surface area contributed by atoms with Crippen LogP contribution in [0.1, 0.15) is 80.0 Å². The van der Waals surface area contributed by atoms with Crippen LogP contribution in [0, 0.1) is 23.3 Å². The third-order valence-corrected chi connectivity index (χ3v) is 15.2. The minimum Gasteiger partial charge on any atom is -0.466 e. The van der Waals surface area contributed by atoms with E-state index in [-0.39, 0.29) is 44.0 Å². The molecule has 0 atom stereocenters. The molecule has 0 saturated carbocycles. The van der Waals surface area contributed by atoms with Gasteiger partial charge in [0.25, 0.3) is 0 Å². The number of carbonyl (C=O) groups is 2. The number of fused-ring (bicyclic) bond motifs is 4. The Balaban J connectivity index is 0.000000201. The third kappa shape index (κ3) is 20.6. The number of aromatic nitrogens is 12. The third-order valence-electron chi connectivity index (χ3n) is 14.7. The van der Waals surface area contributed by atoms with Crippen molar-refractivity contribution in [3.63, 3.8) is 0 Å². The quantitative estimate of drug-likeness (QED) is 0.0130. The number of imidazole rings is 4. The first kappa shape index (κ1) is 72.1. The van der Waals surface area contributed by atoms with Gasteiger partial charge in [-0.3, -0.25) is 24.6 Å². The molecule has 12 rings (SSSR count). The fraction of sp³-hybridized carbons (Fsp3) is 0.275. The zero-order chi connectivity index (χ0) is 66.9. The molecule has 0 fully saturated rings. The van der Waals surface area contributed by atoms with Crippen molar-refractivity contribution in [2.45, 2.75) is 78.6 Å². The van der Waals surface area contributed by atoms with Gasteiger partial charge in [-0.2, -0.15) is 0 Å². The van der Waals surface area contributed by atoms with E-state index >= 15 is 0 Å². The van der Waals surface area contributed by atoms with Crippen molar-refractivity contribution >= 4 is 113 Å². The number of nitrogens with zero attached hydrogens (tertiary/aromatic N) is 14. The molecule has 1 amide bonds. The van der Waals surface area contributed by atoms with Crippen molar-refractivity contribution in [1.29, 1.82) is 0 Å². The van der Waals surface area contributed by atoms with Gasteiger partial charge in [0.05, 0.1) is 75.5 Å². The number of carbonyl (C=O) groups excluding carboxylic acids is 2. The van der Waals surface area contributed by atoms with Crippen molar-refractivity contribution < 1.29 is 38.5 Å². The fourth-order valence-electron chi connectivity index (χ4n) is 9.87. The number of para-hydroxylation sites is 8. The molecule has 0 aliphatic carbocycles. The van der Waals surface area contributed by atoms with E-state index in [0.717, 1.165) is 107 Å². The summed E-state index contributed by atoms with van der Waals surface area (Å²) in [5, 5.41) is 11.6. The number of nitrogens with one attached hydrogen (secondary N) is 2. The molecule has 4 aromatic carbocycles. The number of amides is 1. The lowest BCUT2D eigenvalue weighted by Gasteiger charge is -2.22. The van der Waals surface area contributed by atoms with E-state index in [0.29, 0.717) is 72.9 Å². The van der Waals surface area contributed by atoms with Gasteiger partial charge in [0.1, 0.15) is 45.3 Å². The van der Waals surface area contributed by atoms with E-state index in [1.54, 1.807) is 29.7 Å². The largest absolute Gasteiger partial charge is 0.466 e. The maximum atomic E-state index is 13.4. The smallest absolute Gasteiger partial charge is 0.305 e. The molecule has 21 nitrogen and oxygen atoms in total. The SMILES string of the molecule is C.CCOC(=O)CCCCCCN(c1ccc(F)cn1)c1nc2ccccc2n1C.Cn1c(N(CCCCCCC(=O)NO)c2ccc(F)cn2)nc2ccccc21.Cn1c(N)nc2ccccc21.Cn1c(Nc2ccc(F)cn2)nc2ccccc21.Fc1ccc(Br)nc1.[3HH]. The second-order valence-corrected chi connectivity index (χ2v) is 22.2. The van der Waals surface area contributed by atoms with Crippen LogP contribution in [0.4, 0.5) is 58.8 Å². The molecule has 0 saturated heterocycles. The van der Waals surface area contributed by atoms with Gasteiger partial charge in [0, 0.05) is 55.5 Å². The molecule has 26 heteroatoms. The first-order valence-corrected chi connectivity index (χ1v) is 31.2. The lowest BCUT2D eigenvalue weighted by Crippen LogP contribution is -2.23. The van der Waals surface area contributed by atoms with Crippen LogP contribution in [0.2, 0.25) is 0 Å². The fourth-order valence-corrected chi connectivity index (χ4v) is 10.1. The number of halogens is 5. The van der Waals surface area contributed by atoms with Gasteiger partial charge in [0.15, 0.2) is 0 Å². The Morgan fingerprint density at radius 1 is 0.516 bits per heavy atom. The van der Waals surface area contributed by atoms with E-state index in [4.69, 9.17) is 25.6 Å². The molecule has 0 aliphatic rings. The maximum absolute atomic E-state index is 13.4. The van der Waals surface area contributed by atoms with Crippen molar-refractivity contribution in [1.82, 2.24) is 63.6 Å². The molecule has 5 N–H and O–H groups in total. The summed E-state index contributed by atoms with van der Waals surface area (Å²) in [4.78, 5) is 60.6. The van der Waals surface area contributed by atoms with Gasteiger partial charge < -0.3 is 34.1 Å². The Bertz CT molecular complexity index is 4330. The Kier molecular flexibility index (Phi) is 27.5. The molecule has 0 radical (unpaired) electrons. The van der Waals surface area contributed by atoms with Crippen LogP contribution in [0.3, 0.4) is 0 Å². The van der Waals surface area contributed by atoms with Crippen molar-refractivity contribution in [2.24, 2.45) is 28.2 Å². The minimum atomic E-state index is -0.379. The highest BCUT2D eigenvalue weighted by atomic mass is 79.9. The molecule has 0 unspecified atom stereocenters. The number of nitrogen functional groups attached to an aromatic ring is 1. The monoisotopic (exact) mass is 1370 g/mol. The van der Waals surface area contributed by atoms with Crippen LogP contribution >= 0.6 is 15.9 Å². The van der Waals surface area contributed by atoms with Crippen LogP contribution in [0.5, 0.6) is 0 Å². The molecule has 500 valence electrons. The van der Waals surface area contributed by atoms with Crippen LogP contribution in [0.25, 0.3) is 44.1 Å². The lowest BCUT2D eigenvalue weighted by atomic mass is 10.1. The molecule has 0 spiro atoms. The number of hydrogen-bond acceptors (Lipinski definition) is 16. The number of unbranched alkanes of at least 4 members (excludes halogenated alkanes) is 6. The highest BCUT2D eigenvalue weighted by molar-refractivity contribution is 9.10. The van der Waals surface area contributed by atoms with Gasteiger partial charge in [-0.25, -0.2) is 62.9 Å². The molecule has 8 heterocycles. The van der Waals surface area contributed by atoms with Gasteiger partial charge in [-0.05, 0) is 146 Å². The Labute approximate surface area is 558 Å². The predicted octanol–water partition coefficient (Wildman–Crippen LogP) is 15.3. The number of benzene rings is 4. The van der Waals surface area contributed by atoms with E-state index in [1.165, 1.54) is 42.9 Å². The molecular formula is C69H80BrF4N17O4. The number of ether oxygens (including phenoxy) is 1. The van der Waals surface area contributed by atoms with Crippen LogP contribution < -0.4 is 26.3 Å². The summed E-state index contributed by atoms with van der Waals surface area (Å²) in [6, 6.07) is 43.5. The van der Waals surface area contributed by atoms with Gasteiger partial charge in [-0.1, -0.05) is 81.6 Å². The van der Waals surface area contributed by atoms with Gasteiger partial charge >= 0.3 is 5.97 Å². The number of anilines is 7. The van der Waals surface area contributed by atoms with Crippen molar-refractivity contribution in [2.75, 3.05) is 40.5 Å². The summed E-state index contributed by atoms with van der Waals surface area (Å²) in [7, 11) is 7.75. The average molecular weight is 1370 g/mol. The van der Waals surface area contributed by atoms with Crippen LogP contribution in [-0.2, 0) is 42.5 Å². The van der Waals surface area contributed by atoms with Crippen molar-refractivity contribution in [3.05, 3.63) is 198 Å². The zero-order valence-electron chi connectivity index (χ0n) is 52.8. The highest BCUT2D eigenvalue weighted by Crippen LogP contribution is 2.30. The van der Waals surface area contributed by atoms with Crippen LogP contribution in [0.15, 0.2) is 175 Å². The first-order valence-electron chi connectivity index (χ1n) is 30.4. The molecule has 0 bridgehead atoms. The topological polar surface area (TPSA) is 243 Å². The molecule has 0 aliphatic heterocycles. The number of pyridine rings is 4. The second-order valence-electron chi connectivity index (χ2n) is 21.3. The molecule has 12 aromatic rings. The predicted molar refractivity (Wildman–Crippen MR) is 371 cm³/mol. The number of hydroxylamine groups is 1. The van der Waals surface area contributed by atoms with E-state index in [9.17, 15) is 27.2 Å². The highest BCUT2D eigenvalue weighted by Gasteiger charge is 2.20. The van der Waals surface area contributed by atoms with E-state index < -0.39 is 0 Å². The molecular weight excluding hydrogens is 1290 g/mol. The van der Waals surface area contributed by atoms with Crippen LogP contribution in [-0.4, -0.2) is 94.9 Å². The van der Waals surface area contributed by atoms with E-state index in [1.807, 2.05) is 160 Å². The zero-order valence-corrected chi connectivity index (χ0v) is 54.3. The minimum absolute atomic E-state index is 0. The molecule has 8 aromatic heterocycles.